The highest BCUT2D eigenvalue weighted by atomic mass is 35.5. The smallest absolute Gasteiger partial charge is 0.248 e. The standard InChI is InChI=1S/C16H14Cl2N2O3S/c17-14-5-2-6-15(18)13(14)7-8-16(21)20-12-4-1-3-11(9-12)10-24(19,22)23/h1-9H,10H2,(H,20,21)(H2,19,22,23)/b8-7+. The number of hydrogen-bond acceptors (Lipinski definition) is 3. The number of rotatable bonds is 5. The van der Waals surface area contributed by atoms with Crippen LogP contribution in [0.15, 0.2) is 48.5 Å². The zero-order valence-electron chi connectivity index (χ0n) is 12.4. The Balaban J connectivity index is 2.10. The van der Waals surface area contributed by atoms with Gasteiger partial charge in [-0.1, -0.05) is 41.4 Å². The Hall–Kier alpha value is -1.86. The maximum absolute atomic E-state index is 12.0. The van der Waals surface area contributed by atoms with Gasteiger partial charge >= 0.3 is 0 Å². The van der Waals surface area contributed by atoms with E-state index in [1.807, 2.05) is 0 Å². The molecule has 2 rings (SSSR count). The fourth-order valence-corrected chi connectivity index (χ4v) is 3.15. The van der Waals surface area contributed by atoms with Crippen LogP contribution in [0.3, 0.4) is 0 Å². The SMILES string of the molecule is NS(=O)(=O)Cc1cccc(NC(=O)/C=C/c2c(Cl)cccc2Cl)c1. The highest BCUT2D eigenvalue weighted by Crippen LogP contribution is 2.25. The molecule has 8 heteroatoms. The van der Waals surface area contributed by atoms with Crippen molar-refractivity contribution in [3.8, 4) is 0 Å². The maximum Gasteiger partial charge on any atom is 0.248 e. The number of sulfonamides is 1. The van der Waals surface area contributed by atoms with Gasteiger partial charge in [0.2, 0.25) is 15.9 Å². The van der Waals surface area contributed by atoms with Crippen LogP contribution in [-0.2, 0) is 20.6 Å². The van der Waals surface area contributed by atoms with Crippen LogP contribution in [0.5, 0.6) is 0 Å². The van der Waals surface area contributed by atoms with Crippen LogP contribution in [-0.4, -0.2) is 14.3 Å². The molecule has 0 heterocycles. The number of nitrogens with two attached hydrogens (primary N) is 1. The average molecular weight is 385 g/mol. The molecule has 2 aromatic carbocycles. The fraction of sp³-hybridized carbons (Fsp3) is 0.0625. The first kappa shape index (κ1) is 18.5. The molecule has 1 amide bonds. The van der Waals surface area contributed by atoms with Crippen LogP contribution >= 0.6 is 23.2 Å². The predicted molar refractivity (Wildman–Crippen MR) is 97.4 cm³/mol. The number of carbonyl (C=O) groups is 1. The Labute approximate surface area is 150 Å². The van der Waals surface area contributed by atoms with Crippen molar-refractivity contribution >= 4 is 50.9 Å². The second-order valence-electron chi connectivity index (χ2n) is 4.97. The molecule has 0 bridgehead atoms. The topological polar surface area (TPSA) is 89.3 Å². The van der Waals surface area contributed by atoms with Crippen molar-refractivity contribution in [2.45, 2.75) is 5.75 Å². The van der Waals surface area contributed by atoms with E-state index >= 15 is 0 Å². The monoisotopic (exact) mass is 384 g/mol. The summed E-state index contributed by atoms with van der Waals surface area (Å²) in [5.41, 5.74) is 1.48. The summed E-state index contributed by atoms with van der Waals surface area (Å²) in [6.45, 7) is 0. The summed E-state index contributed by atoms with van der Waals surface area (Å²) in [6.07, 6.45) is 2.80. The van der Waals surface area contributed by atoms with Crippen molar-refractivity contribution in [2.75, 3.05) is 5.32 Å². The van der Waals surface area contributed by atoms with Gasteiger partial charge < -0.3 is 5.32 Å². The lowest BCUT2D eigenvalue weighted by Crippen LogP contribution is -2.15. The normalized spacial score (nSPS) is 11.6. The van der Waals surface area contributed by atoms with Gasteiger partial charge in [-0.15, -0.1) is 0 Å². The molecule has 5 nitrogen and oxygen atoms in total. The number of carbonyl (C=O) groups excluding carboxylic acids is 1. The lowest BCUT2D eigenvalue weighted by atomic mass is 10.2. The molecule has 0 atom stereocenters. The van der Waals surface area contributed by atoms with E-state index in [0.29, 0.717) is 26.9 Å². The molecule has 0 aliphatic heterocycles. The highest BCUT2D eigenvalue weighted by molar-refractivity contribution is 7.88. The van der Waals surface area contributed by atoms with Gasteiger partial charge in [-0.3, -0.25) is 4.79 Å². The van der Waals surface area contributed by atoms with Crippen molar-refractivity contribution in [2.24, 2.45) is 5.14 Å². The molecule has 0 aromatic heterocycles. The van der Waals surface area contributed by atoms with Gasteiger partial charge in [0.1, 0.15) is 0 Å². The zero-order chi connectivity index (χ0) is 17.7. The fourth-order valence-electron chi connectivity index (χ4n) is 1.98. The third-order valence-electron chi connectivity index (χ3n) is 2.96. The van der Waals surface area contributed by atoms with E-state index in [1.54, 1.807) is 42.5 Å². The second kappa shape index (κ2) is 7.81. The summed E-state index contributed by atoms with van der Waals surface area (Å²) in [5.74, 6) is -0.708. The number of hydrogen-bond donors (Lipinski definition) is 2. The lowest BCUT2D eigenvalue weighted by molar-refractivity contribution is -0.111. The van der Waals surface area contributed by atoms with Crippen molar-refractivity contribution in [1.82, 2.24) is 0 Å². The molecule has 0 saturated heterocycles. The maximum atomic E-state index is 12.0. The van der Waals surface area contributed by atoms with E-state index in [2.05, 4.69) is 5.32 Å². The highest BCUT2D eigenvalue weighted by Gasteiger charge is 2.07. The molecule has 0 unspecified atom stereocenters. The quantitative estimate of drug-likeness (QED) is 0.773. The summed E-state index contributed by atoms with van der Waals surface area (Å²) in [7, 11) is -3.63. The summed E-state index contributed by atoms with van der Waals surface area (Å²) in [5, 5.41) is 8.50. The van der Waals surface area contributed by atoms with Gasteiger partial charge in [0.05, 0.1) is 5.75 Å². The number of amides is 1. The minimum atomic E-state index is -3.63. The average Bonchev–Trinajstić information content (AvgIpc) is 2.45. The van der Waals surface area contributed by atoms with Crippen molar-refractivity contribution in [1.29, 1.82) is 0 Å². The summed E-state index contributed by atoms with van der Waals surface area (Å²) in [6, 6.07) is 11.5. The van der Waals surface area contributed by atoms with E-state index in [0.717, 1.165) is 0 Å². The Morgan fingerprint density at radius 3 is 2.38 bits per heavy atom. The van der Waals surface area contributed by atoms with Crippen LogP contribution < -0.4 is 10.5 Å². The number of halogens is 2. The van der Waals surface area contributed by atoms with E-state index in [4.69, 9.17) is 28.3 Å². The van der Waals surface area contributed by atoms with Gasteiger partial charge in [0, 0.05) is 27.4 Å². The van der Waals surface area contributed by atoms with Gasteiger partial charge in [0.15, 0.2) is 0 Å². The van der Waals surface area contributed by atoms with Gasteiger partial charge in [-0.25, -0.2) is 13.6 Å². The van der Waals surface area contributed by atoms with E-state index < -0.39 is 15.9 Å². The number of primary sulfonamides is 1. The molecule has 0 saturated carbocycles. The van der Waals surface area contributed by atoms with Crippen LogP contribution in [0, 0.1) is 0 Å². The molecular weight excluding hydrogens is 371 g/mol. The van der Waals surface area contributed by atoms with Gasteiger partial charge in [-0.05, 0) is 35.9 Å². The molecule has 0 spiro atoms. The third-order valence-corrected chi connectivity index (χ3v) is 4.36. The molecule has 3 N–H and O–H groups in total. The van der Waals surface area contributed by atoms with E-state index in [1.165, 1.54) is 12.2 Å². The summed E-state index contributed by atoms with van der Waals surface area (Å²) in [4.78, 5) is 12.0. The largest absolute Gasteiger partial charge is 0.323 e. The molecule has 0 fully saturated rings. The van der Waals surface area contributed by atoms with Gasteiger partial charge in [-0.2, -0.15) is 0 Å². The zero-order valence-corrected chi connectivity index (χ0v) is 14.7. The second-order valence-corrected chi connectivity index (χ2v) is 7.39. The van der Waals surface area contributed by atoms with Gasteiger partial charge in [0.25, 0.3) is 0 Å². The van der Waals surface area contributed by atoms with Crippen LogP contribution in [0.2, 0.25) is 10.0 Å². The lowest BCUT2D eigenvalue weighted by Gasteiger charge is -2.05. The first-order chi connectivity index (χ1) is 11.2. The Kier molecular flexibility index (Phi) is 6.01. The van der Waals surface area contributed by atoms with Crippen LogP contribution in [0.1, 0.15) is 11.1 Å². The van der Waals surface area contributed by atoms with Crippen molar-refractivity contribution < 1.29 is 13.2 Å². The number of anilines is 1. The first-order valence-electron chi connectivity index (χ1n) is 6.77. The Morgan fingerprint density at radius 1 is 1.12 bits per heavy atom. The molecule has 0 aliphatic rings. The van der Waals surface area contributed by atoms with E-state index in [9.17, 15) is 13.2 Å². The Morgan fingerprint density at radius 2 is 1.75 bits per heavy atom. The third kappa shape index (κ3) is 5.65. The number of nitrogens with one attached hydrogen (secondary N) is 1. The molecule has 2 aromatic rings. The van der Waals surface area contributed by atoms with Crippen LogP contribution in [0.4, 0.5) is 5.69 Å². The summed E-state index contributed by atoms with van der Waals surface area (Å²) >= 11 is 12.0. The van der Waals surface area contributed by atoms with Crippen molar-refractivity contribution in [3.63, 3.8) is 0 Å². The minimum Gasteiger partial charge on any atom is -0.323 e. The summed E-state index contributed by atoms with van der Waals surface area (Å²) < 4.78 is 22.2. The molecular formula is C16H14Cl2N2O3S. The predicted octanol–water partition coefficient (Wildman–Crippen LogP) is 3.43. The van der Waals surface area contributed by atoms with Crippen LogP contribution in [0.25, 0.3) is 6.08 Å². The molecule has 0 radical (unpaired) electrons. The first-order valence-corrected chi connectivity index (χ1v) is 9.24. The molecule has 126 valence electrons. The van der Waals surface area contributed by atoms with Crippen molar-refractivity contribution in [3.05, 3.63) is 69.7 Å². The Bertz CT molecular complexity index is 876. The number of benzene rings is 2. The molecule has 24 heavy (non-hydrogen) atoms. The van der Waals surface area contributed by atoms with E-state index in [-0.39, 0.29) is 5.75 Å². The molecule has 0 aliphatic carbocycles. The minimum absolute atomic E-state index is 0.304.